The summed E-state index contributed by atoms with van der Waals surface area (Å²) in [6, 6.07) is 5.95. The maximum atomic E-state index is 15.3. The second-order valence-electron chi connectivity index (χ2n) is 7.10. The molecule has 4 nitrogen and oxygen atoms in total. The summed E-state index contributed by atoms with van der Waals surface area (Å²) in [5.74, 6) is -1.12. The number of ketones is 1. The Morgan fingerprint density at radius 2 is 2.15 bits per heavy atom. The monoisotopic (exact) mass is 388 g/mol. The normalized spacial score (nSPS) is 17.2. The first-order chi connectivity index (χ1) is 12.9. The van der Waals surface area contributed by atoms with Crippen molar-refractivity contribution in [3.8, 4) is 0 Å². The zero-order valence-corrected chi connectivity index (χ0v) is 16.1. The Hall–Kier alpha value is -2.11. The van der Waals surface area contributed by atoms with E-state index in [4.69, 9.17) is 11.6 Å². The molecular formula is C21H22ClFN2O2. The van der Waals surface area contributed by atoms with E-state index in [-0.39, 0.29) is 33.6 Å². The van der Waals surface area contributed by atoms with Gasteiger partial charge >= 0.3 is 0 Å². The highest BCUT2D eigenvalue weighted by atomic mass is 35.5. The Morgan fingerprint density at radius 3 is 2.70 bits per heavy atom. The van der Waals surface area contributed by atoms with Crippen molar-refractivity contribution >= 4 is 23.7 Å². The molecule has 0 bridgehead atoms. The van der Waals surface area contributed by atoms with Crippen LogP contribution in [0.1, 0.15) is 60.6 Å². The molecule has 1 aliphatic rings. The minimum atomic E-state index is -0.626. The van der Waals surface area contributed by atoms with Gasteiger partial charge in [-0.15, -0.1) is 0 Å². The Morgan fingerprint density at radius 1 is 1.41 bits per heavy atom. The second kappa shape index (κ2) is 7.87. The number of hydrogen-bond donors (Lipinski definition) is 1. The lowest BCUT2D eigenvalue weighted by molar-refractivity contribution is -0.113. The van der Waals surface area contributed by atoms with Gasteiger partial charge in [0, 0.05) is 41.0 Å². The Balaban J connectivity index is 1.94. The first kappa shape index (κ1) is 19.6. The van der Waals surface area contributed by atoms with Crippen LogP contribution in [0, 0.1) is 11.2 Å². The summed E-state index contributed by atoms with van der Waals surface area (Å²) in [5.41, 5.74) is 0.155. The molecule has 6 heteroatoms. The minimum Gasteiger partial charge on any atom is -0.306 e. The van der Waals surface area contributed by atoms with Gasteiger partial charge in [0.05, 0.1) is 10.6 Å². The van der Waals surface area contributed by atoms with Gasteiger partial charge in [-0.05, 0) is 44.4 Å². The molecule has 1 fully saturated rings. The molecular weight excluding hydrogens is 367 g/mol. The van der Waals surface area contributed by atoms with E-state index in [1.807, 2.05) is 13.8 Å². The number of benzene rings is 1. The molecule has 1 heterocycles. The van der Waals surface area contributed by atoms with E-state index in [0.29, 0.717) is 12.0 Å². The van der Waals surface area contributed by atoms with Gasteiger partial charge in [0.1, 0.15) is 12.1 Å². The van der Waals surface area contributed by atoms with Crippen molar-refractivity contribution in [2.24, 2.45) is 5.41 Å². The van der Waals surface area contributed by atoms with E-state index in [0.717, 1.165) is 19.1 Å². The van der Waals surface area contributed by atoms with Crippen molar-refractivity contribution in [1.82, 2.24) is 10.3 Å². The predicted octanol–water partition coefficient (Wildman–Crippen LogP) is 4.51. The summed E-state index contributed by atoms with van der Waals surface area (Å²) < 4.78 is 15.3. The molecule has 1 aromatic heterocycles. The molecule has 0 unspecified atom stereocenters. The fourth-order valence-electron chi connectivity index (χ4n) is 3.38. The highest BCUT2D eigenvalue weighted by Gasteiger charge is 2.48. The maximum absolute atomic E-state index is 15.3. The molecule has 0 spiro atoms. The summed E-state index contributed by atoms with van der Waals surface area (Å²) in [6.07, 6.45) is 6.23. The van der Waals surface area contributed by atoms with E-state index in [2.05, 4.69) is 10.3 Å². The summed E-state index contributed by atoms with van der Waals surface area (Å²) >= 11 is 6.16. The molecule has 2 atom stereocenters. The number of hydrogen-bond acceptors (Lipinski definition) is 4. The maximum Gasteiger partial charge on any atom is 0.199 e. The lowest BCUT2D eigenvalue weighted by Gasteiger charge is -2.27. The molecule has 1 aromatic carbocycles. The van der Waals surface area contributed by atoms with E-state index < -0.39 is 11.6 Å². The number of nitrogens with zero attached hydrogens (tertiary/aromatic N) is 1. The average Bonchev–Trinajstić information content (AvgIpc) is 3.48. The van der Waals surface area contributed by atoms with Crippen LogP contribution in [0.2, 0.25) is 5.02 Å². The van der Waals surface area contributed by atoms with Gasteiger partial charge in [-0.2, -0.15) is 0 Å². The Bertz CT molecular complexity index is 853. The summed E-state index contributed by atoms with van der Waals surface area (Å²) in [6.45, 7) is 3.88. The van der Waals surface area contributed by atoms with Gasteiger partial charge in [0.15, 0.2) is 5.78 Å². The molecule has 0 amide bonds. The highest BCUT2D eigenvalue weighted by Crippen LogP contribution is 2.47. The topological polar surface area (TPSA) is 59.1 Å². The molecule has 0 saturated heterocycles. The zero-order valence-electron chi connectivity index (χ0n) is 15.3. The SMILES string of the molecule is CC[C@@H](N[C@H](C)C1(C=O)CC1)c1ccc(Cl)c(C(=O)c2cccnc2)c1F. The lowest BCUT2D eigenvalue weighted by Crippen LogP contribution is -2.38. The van der Waals surface area contributed by atoms with Gasteiger partial charge in [-0.25, -0.2) is 4.39 Å². The smallest absolute Gasteiger partial charge is 0.199 e. The number of halogens is 2. The molecule has 0 radical (unpaired) electrons. The highest BCUT2D eigenvalue weighted by molar-refractivity contribution is 6.35. The third kappa shape index (κ3) is 3.80. The van der Waals surface area contributed by atoms with Crippen molar-refractivity contribution in [3.05, 3.63) is 64.2 Å². The average molecular weight is 389 g/mol. The number of nitrogens with one attached hydrogen (secondary N) is 1. The van der Waals surface area contributed by atoms with Crippen LogP contribution in [-0.2, 0) is 4.79 Å². The molecule has 3 rings (SSSR count). The number of rotatable bonds is 8. The van der Waals surface area contributed by atoms with Gasteiger partial charge in [-0.3, -0.25) is 9.78 Å². The van der Waals surface area contributed by atoms with Crippen LogP contribution in [-0.4, -0.2) is 23.1 Å². The number of carbonyl (C=O) groups excluding carboxylic acids is 2. The van der Waals surface area contributed by atoms with Gasteiger partial charge in [0.2, 0.25) is 0 Å². The molecule has 1 aliphatic carbocycles. The second-order valence-corrected chi connectivity index (χ2v) is 7.50. The van der Waals surface area contributed by atoms with Crippen LogP contribution in [0.25, 0.3) is 0 Å². The fraction of sp³-hybridized carbons (Fsp3) is 0.381. The first-order valence-corrected chi connectivity index (χ1v) is 9.46. The first-order valence-electron chi connectivity index (χ1n) is 9.08. The van der Waals surface area contributed by atoms with Gasteiger partial charge in [0.25, 0.3) is 0 Å². The molecule has 1 saturated carbocycles. The van der Waals surface area contributed by atoms with E-state index in [1.165, 1.54) is 6.20 Å². The standard InChI is InChI=1S/C21H22ClFN2O2/c1-3-17(25-13(2)21(12-26)8-9-21)15-6-7-16(22)18(19(15)23)20(27)14-5-4-10-24-11-14/h4-7,10-13,17,25H,3,8-9H2,1-2H3/t13-,17-/m1/s1. The van der Waals surface area contributed by atoms with E-state index in [9.17, 15) is 9.59 Å². The minimum absolute atomic E-state index is 0.0690. The molecule has 2 aromatic rings. The van der Waals surface area contributed by atoms with Crippen molar-refractivity contribution < 1.29 is 14.0 Å². The third-order valence-corrected chi connectivity index (χ3v) is 5.75. The zero-order chi connectivity index (χ0) is 19.6. The number of aldehydes is 1. The Kier molecular flexibility index (Phi) is 5.72. The van der Waals surface area contributed by atoms with Gasteiger partial charge in [-0.1, -0.05) is 24.6 Å². The molecule has 27 heavy (non-hydrogen) atoms. The van der Waals surface area contributed by atoms with E-state index >= 15 is 4.39 Å². The van der Waals surface area contributed by atoms with Crippen molar-refractivity contribution in [2.45, 2.75) is 45.2 Å². The quantitative estimate of drug-likeness (QED) is 0.533. The van der Waals surface area contributed by atoms with Gasteiger partial charge < -0.3 is 10.1 Å². The van der Waals surface area contributed by atoms with Crippen LogP contribution < -0.4 is 5.32 Å². The summed E-state index contributed by atoms with van der Waals surface area (Å²) in [4.78, 5) is 28.0. The fourth-order valence-corrected chi connectivity index (χ4v) is 3.61. The third-order valence-electron chi connectivity index (χ3n) is 5.43. The predicted molar refractivity (Wildman–Crippen MR) is 102 cm³/mol. The van der Waals surface area contributed by atoms with Crippen LogP contribution in [0.15, 0.2) is 36.7 Å². The van der Waals surface area contributed by atoms with Crippen LogP contribution in [0.5, 0.6) is 0 Å². The molecule has 1 N–H and O–H groups in total. The molecule has 142 valence electrons. The van der Waals surface area contributed by atoms with Crippen molar-refractivity contribution in [1.29, 1.82) is 0 Å². The van der Waals surface area contributed by atoms with E-state index in [1.54, 1.807) is 30.5 Å². The number of pyridine rings is 1. The summed E-state index contributed by atoms with van der Waals surface area (Å²) in [5, 5.41) is 3.43. The van der Waals surface area contributed by atoms with Crippen molar-refractivity contribution in [3.63, 3.8) is 0 Å². The molecule has 0 aliphatic heterocycles. The number of carbonyl (C=O) groups is 2. The van der Waals surface area contributed by atoms with Crippen molar-refractivity contribution in [2.75, 3.05) is 0 Å². The number of aromatic nitrogens is 1. The largest absolute Gasteiger partial charge is 0.306 e. The van der Waals surface area contributed by atoms with Crippen LogP contribution in [0.3, 0.4) is 0 Å². The summed E-state index contributed by atoms with van der Waals surface area (Å²) in [7, 11) is 0. The Labute approximate surface area is 163 Å². The lowest BCUT2D eigenvalue weighted by atomic mass is 9.94. The van der Waals surface area contributed by atoms with Crippen LogP contribution >= 0.6 is 11.6 Å². The van der Waals surface area contributed by atoms with Crippen LogP contribution in [0.4, 0.5) is 4.39 Å².